The Balaban J connectivity index is 1.71. The van der Waals surface area contributed by atoms with Crippen LogP contribution >= 0.6 is 23.4 Å². The minimum absolute atomic E-state index is 0.00678. The van der Waals surface area contributed by atoms with Crippen LogP contribution in [0.4, 0.5) is 10.5 Å². The Bertz CT molecular complexity index is 1230. The summed E-state index contributed by atoms with van der Waals surface area (Å²) >= 11 is 6.72. The first-order valence-corrected chi connectivity index (χ1v) is 12.1. The molecule has 0 aliphatic carbocycles. The number of imide groups is 1. The number of carbonyl (C=O) groups excluding carboxylic acids is 4. The zero-order chi connectivity index (χ0) is 26.4. The molecule has 190 valence electrons. The van der Waals surface area contributed by atoms with Crippen LogP contribution in [0.3, 0.4) is 0 Å². The fraction of sp³-hybridized carbons (Fsp3) is 0.280. The van der Waals surface area contributed by atoms with E-state index < -0.39 is 29.6 Å². The topological polar surface area (TPSA) is 111 Å². The monoisotopic (exact) mass is 532 g/mol. The molecule has 0 spiro atoms. The Kier molecular flexibility index (Phi) is 9.00. The number of ether oxygens (including phenoxy) is 3. The highest BCUT2D eigenvalue weighted by Crippen LogP contribution is 2.35. The molecule has 3 amide bonds. The van der Waals surface area contributed by atoms with E-state index in [2.05, 4.69) is 10.1 Å². The first kappa shape index (κ1) is 27.1. The molecule has 1 N–H and O–H groups in total. The average Bonchev–Trinajstić information content (AvgIpc) is 3.12. The summed E-state index contributed by atoms with van der Waals surface area (Å²) in [6, 6.07) is 9.46. The maximum absolute atomic E-state index is 12.8. The Morgan fingerprint density at radius 3 is 2.56 bits per heavy atom. The number of hydrogen-bond donors (Lipinski definition) is 1. The molecule has 2 aromatic rings. The van der Waals surface area contributed by atoms with Gasteiger partial charge in [0.15, 0.2) is 11.5 Å². The molecule has 36 heavy (non-hydrogen) atoms. The van der Waals surface area contributed by atoms with Crippen molar-refractivity contribution in [3.63, 3.8) is 0 Å². The molecule has 1 aliphatic rings. The van der Waals surface area contributed by atoms with Gasteiger partial charge in [0.1, 0.15) is 6.54 Å². The number of anilines is 1. The molecule has 9 nitrogen and oxygen atoms in total. The van der Waals surface area contributed by atoms with Crippen LogP contribution in [-0.4, -0.2) is 54.8 Å². The molecule has 0 unspecified atom stereocenters. The largest absolute Gasteiger partial charge is 0.493 e. The third kappa shape index (κ3) is 6.38. The second kappa shape index (κ2) is 12.0. The van der Waals surface area contributed by atoms with Gasteiger partial charge in [-0.2, -0.15) is 0 Å². The fourth-order valence-corrected chi connectivity index (χ4v) is 4.21. The van der Waals surface area contributed by atoms with Crippen LogP contribution in [0, 0.1) is 0 Å². The standard InChI is InChI=1S/C25H25ClN2O7S/c1-5-14(2)35-19-9-6-15(10-20(19)33-3)11-21-23(30)28(25(32)36-21)13-22(29)27-16-7-8-18(26)17(12-16)24(31)34-4/h6-12,14H,5,13H2,1-4H3,(H,27,29)/b21-11-/t14-/m1/s1. The molecule has 1 saturated heterocycles. The van der Waals surface area contributed by atoms with E-state index in [1.165, 1.54) is 32.4 Å². The minimum Gasteiger partial charge on any atom is -0.493 e. The summed E-state index contributed by atoms with van der Waals surface area (Å²) in [7, 11) is 2.73. The van der Waals surface area contributed by atoms with Gasteiger partial charge in [-0.1, -0.05) is 24.6 Å². The lowest BCUT2D eigenvalue weighted by atomic mass is 10.1. The van der Waals surface area contributed by atoms with Crippen LogP contribution in [0.5, 0.6) is 11.5 Å². The summed E-state index contributed by atoms with van der Waals surface area (Å²) < 4.78 is 15.9. The number of amides is 3. The van der Waals surface area contributed by atoms with Crippen molar-refractivity contribution >= 4 is 58.1 Å². The van der Waals surface area contributed by atoms with Crippen molar-refractivity contribution in [1.82, 2.24) is 4.90 Å². The Labute approximate surface area is 217 Å². The van der Waals surface area contributed by atoms with Crippen molar-refractivity contribution in [1.29, 1.82) is 0 Å². The summed E-state index contributed by atoms with van der Waals surface area (Å²) in [4.78, 5) is 50.6. The second-order valence-corrected chi connectivity index (χ2v) is 9.15. The van der Waals surface area contributed by atoms with E-state index in [9.17, 15) is 19.2 Å². The molecule has 2 aromatic carbocycles. The highest BCUT2D eigenvalue weighted by atomic mass is 35.5. The number of halogens is 1. The van der Waals surface area contributed by atoms with Crippen molar-refractivity contribution in [3.05, 3.63) is 57.5 Å². The number of hydrogen-bond acceptors (Lipinski definition) is 8. The predicted molar refractivity (Wildman–Crippen MR) is 137 cm³/mol. The van der Waals surface area contributed by atoms with Crippen LogP contribution in [0.2, 0.25) is 5.02 Å². The summed E-state index contributed by atoms with van der Waals surface area (Å²) in [5.74, 6) is -0.804. The van der Waals surface area contributed by atoms with Gasteiger partial charge >= 0.3 is 5.97 Å². The van der Waals surface area contributed by atoms with Crippen LogP contribution in [-0.2, 0) is 14.3 Å². The Morgan fingerprint density at radius 1 is 1.14 bits per heavy atom. The molecular weight excluding hydrogens is 508 g/mol. The third-order valence-corrected chi connectivity index (χ3v) is 6.46. The van der Waals surface area contributed by atoms with Crippen LogP contribution in [0.15, 0.2) is 41.3 Å². The zero-order valence-corrected chi connectivity index (χ0v) is 21.7. The third-order valence-electron chi connectivity index (χ3n) is 5.22. The molecule has 0 radical (unpaired) electrons. The lowest BCUT2D eigenvalue weighted by Crippen LogP contribution is -2.36. The van der Waals surface area contributed by atoms with Crippen LogP contribution < -0.4 is 14.8 Å². The lowest BCUT2D eigenvalue weighted by Gasteiger charge is -2.15. The normalized spacial score (nSPS) is 15.1. The number of nitrogens with zero attached hydrogens (tertiary/aromatic N) is 1. The number of rotatable bonds is 9. The molecule has 0 bridgehead atoms. The van der Waals surface area contributed by atoms with Gasteiger partial charge in [0.25, 0.3) is 11.1 Å². The second-order valence-electron chi connectivity index (χ2n) is 7.75. The minimum atomic E-state index is -0.664. The van der Waals surface area contributed by atoms with Crippen LogP contribution in [0.1, 0.15) is 36.2 Å². The fourth-order valence-electron chi connectivity index (χ4n) is 3.17. The highest BCUT2D eigenvalue weighted by Gasteiger charge is 2.36. The van der Waals surface area contributed by atoms with Crippen molar-refractivity contribution in [2.75, 3.05) is 26.1 Å². The maximum atomic E-state index is 12.8. The van der Waals surface area contributed by atoms with Gasteiger partial charge in [-0.05, 0) is 67.1 Å². The van der Waals surface area contributed by atoms with Crippen molar-refractivity contribution in [3.8, 4) is 11.5 Å². The predicted octanol–water partition coefficient (Wildman–Crippen LogP) is 4.99. The summed E-state index contributed by atoms with van der Waals surface area (Å²) in [5, 5.41) is 2.14. The molecule has 1 aliphatic heterocycles. The number of thioether (sulfide) groups is 1. The summed E-state index contributed by atoms with van der Waals surface area (Å²) in [6.07, 6.45) is 2.39. The first-order valence-electron chi connectivity index (χ1n) is 10.9. The number of esters is 1. The maximum Gasteiger partial charge on any atom is 0.339 e. The molecule has 0 saturated carbocycles. The molecule has 11 heteroatoms. The zero-order valence-electron chi connectivity index (χ0n) is 20.1. The number of carbonyl (C=O) groups is 4. The van der Waals surface area contributed by atoms with Crippen molar-refractivity contribution in [2.24, 2.45) is 0 Å². The molecular formula is C25H25ClN2O7S. The van der Waals surface area contributed by atoms with Gasteiger partial charge < -0.3 is 19.5 Å². The van der Waals surface area contributed by atoms with Gasteiger partial charge in [0, 0.05) is 5.69 Å². The summed E-state index contributed by atoms with van der Waals surface area (Å²) in [5.41, 5.74) is 0.969. The molecule has 1 heterocycles. The van der Waals surface area contributed by atoms with Gasteiger partial charge in [-0.25, -0.2) is 4.79 Å². The molecule has 1 fully saturated rings. The average molecular weight is 533 g/mol. The van der Waals surface area contributed by atoms with E-state index in [4.69, 9.17) is 21.1 Å². The number of nitrogens with one attached hydrogen (secondary N) is 1. The number of methoxy groups -OCH3 is 2. The van der Waals surface area contributed by atoms with Crippen molar-refractivity contribution < 1.29 is 33.4 Å². The smallest absolute Gasteiger partial charge is 0.339 e. The Morgan fingerprint density at radius 2 is 1.89 bits per heavy atom. The van der Waals surface area contributed by atoms with Crippen molar-refractivity contribution in [2.45, 2.75) is 26.4 Å². The quantitative estimate of drug-likeness (QED) is 0.355. The van der Waals surface area contributed by atoms with Gasteiger partial charge in [0.2, 0.25) is 5.91 Å². The van der Waals surface area contributed by atoms with E-state index in [0.29, 0.717) is 17.1 Å². The van der Waals surface area contributed by atoms with Gasteiger partial charge in [-0.3, -0.25) is 19.3 Å². The summed E-state index contributed by atoms with van der Waals surface area (Å²) in [6.45, 7) is 3.46. The van der Waals surface area contributed by atoms with E-state index in [-0.39, 0.29) is 27.3 Å². The van der Waals surface area contributed by atoms with E-state index in [1.54, 1.807) is 24.3 Å². The molecule has 3 rings (SSSR count). The Hall–Kier alpha value is -3.50. The SMILES string of the molecule is CC[C@@H](C)Oc1ccc(/C=C2\SC(=O)N(CC(=O)Nc3ccc(Cl)c(C(=O)OC)c3)C2=O)cc1OC. The highest BCUT2D eigenvalue weighted by molar-refractivity contribution is 8.18. The van der Waals surface area contributed by atoms with Gasteiger partial charge in [0.05, 0.1) is 35.8 Å². The molecule has 0 aromatic heterocycles. The van der Waals surface area contributed by atoms with Gasteiger partial charge in [-0.15, -0.1) is 0 Å². The van der Waals surface area contributed by atoms with Crippen LogP contribution in [0.25, 0.3) is 6.08 Å². The van der Waals surface area contributed by atoms with E-state index in [0.717, 1.165) is 23.1 Å². The van der Waals surface area contributed by atoms with E-state index in [1.807, 2.05) is 13.8 Å². The number of benzene rings is 2. The molecule has 1 atom stereocenters. The van der Waals surface area contributed by atoms with E-state index >= 15 is 0 Å². The first-order chi connectivity index (χ1) is 17.2. The lowest BCUT2D eigenvalue weighted by molar-refractivity contribution is -0.127.